The molecule has 1 aromatic carbocycles. The zero-order valence-corrected chi connectivity index (χ0v) is 16.0. The van der Waals surface area contributed by atoms with Gasteiger partial charge in [-0.25, -0.2) is 0 Å². The number of rotatable bonds is 9. The molecule has 0 aliphatic heterocycles. The van der Waals surface area contributed by atoms with Crippen molar-refractivity contribution in [2.24, 2.45) is 0 Å². The maximum atomic E-state index is 2.49. The van der Waals surface area contributed by atoms with Gasteiger partial charge in [-0.1, -0.05) is 51.5 Å². The molecule has 0 fully saturated rings. The second-order valence-electron chi connectivity index (χ2n) is 5.94. The van der Waals surface area contributed by atoms with Gasteiger partial charge in [0.15, 0.2) is 0 Å². The van der Waals surface area contributed by atoms with E-state index in [0.29, 0.717) is 0 Å². The van der Waals surface area contributed by atoms with Gasteiger partial charge in [0.05, 0.1) is 0 Å². The minimum absolute atomic E-state index is 0. The second kappa shape index (κ2) is 9.63. The summed E-state index contributed by atoms with van der Waals surface area (Å²) in [5.74, 6) is 1.63. The number of hydrogen-bond donors (Lipinski definition) is 0. The van der Waals surface area contributed by atoms with Crippen molar-refractivity contribution in [2.75, 3.05) is 20.1 Å². The molecule has 0 aromatic heterocycles. The molecule has 0 bridgehead atoms. The summed E-state index contributed by atoms with van der Waals surface area (Å²) in [7, 11) is 2.26. The Bertz CT molecular complexity index is 377. The van der Waals surface area contributed by atoms with Crippen molar-refractivity contribution >= 4 is 0 Å². The van der Waals surface area contributed by atoms with E-state index < -0.39 is 0 Å². The molecular formula is C18H28NW-. The van der Waals surface area contributed by atoms with Crippen LogP contribution in [0.3, 0.4) is 0 Å². The van der Waals surface area contributed by atoms with Crippen LogP contribution in [0.25, 0.3) is 0 Å². The summed E-state index contributed by atoms with van der Waals surface area (Å²) in [6.07, 6.45) is 9.55. The van der Waals surface area contributed by atoms with E-state index in [1.54, 1.807) is 5.92 Å². The predicted molar refractivity (Wildman–Crippen MR) is 83.4 cm³/mol. The Morgan fingerprint density at radius 3 is 2.50 bits per heavy atom. The Hall–Kier alpha value is -0.262. The first-order valence-electron chi connectivity index (χ1n) is 7.92. The van der Waals surface area contributed by atoms with Gasteiger partial charge in [-0.3, -0.25) is 0 Å². The van der Waals surface area contributed by atoms with Crippen LogP contribution in [0.2, 0.25) is 0 Å². The molecular weight excluding hydrogens is 414 g/mol. The Labute approximate surface area is 139 Å². The van der Waals surface area contributed by atoms with Crippen molar-refractivity contribution in [2.45, 2.75) is 51.9 Å². The summed E-state index contributed by atoms with van der Waals surface area (Å²) < 4.78 is 0. The SMILES string of the molecule is CCCCCCCCN(C)C[C-]1Cc2ccccc21.[W]. The molecule has 0 atom stereocenters. The average molecular weight is 442 g/mol. The fourth-order valence-corrected chi connectivity index (χ4v) is 2.95. The normalized spacial score (nSPS) is 12.8. The molecule has 1 aromatic rings. The van der Waals surface area contributed by atoms with Crippen LogP contribution in [0.5, 0.6) is 0 Å². The van der Waals surface area contributed by atoms with Gasteiger partial charge in [0.1, 0.15) is 0 Å². The van der Waals surface area contributed by atoms with Crippen LogP contribution in [0.4, 0.5) is 0 Å². The van der Waals surface area contributed by atoms with E-state index in [-0.39, 0.29) is 21.1 Å². The van der Waals surface area contributed by atoms with Gasteiger partial charge in [-0.15, -0.1) is 12.1 Å². The largest absolute Gasteiger partial charge is 0.314 e. The molecule has 0 heterocycles. The third-order valence-corrected chi connectivity index (χ3v) is 4.16. The first kappa shape index (κ1) is 17.8. The number of benzene rings is 1. The van der Waals surface area contributed by atoms with Crippen molar-refractivity contribution in [1.29, 1.82) is 0 Å². The molecule has 0 saturated carbocycles. The molecule has 2 rings (SSSR count). The quantitative estimate of drug-likeness (QED) is 0.404. The fraction of sp³-hybridized carbons (Fsp3) is 0.611. The Kier molecular flexibility index (Phi) is 8.57. The predicted octanol–water partition coefficient (Wildman–Crippen LogP) is 4.46. The standard InChI is InChI=1S/C18H28N.W/c1-3-4-5-6-7-10-13-19(2)15-17-14-16-11-8-9-12-18(16)17;/h8-9,11-12H,3-7,10,13-15H2,1-2H3;/q-1;. The molecule has 0 unspecified atom stereocenters. The number of unbranched alkanes of at least 4 members (excludes halogenated alkanes) is 5. The van der Waals surface area contributed by atoms with Crippen LogP contribution >= 0.6 is 0 Å². The van der Waals surface area contributed by atoms with E-state index in [0.717, 1.165) is 6.54 Å². The van der Waals surface area contributed by atoms with Gasteiger partial charge < -0.3 is 4.90 Å². The monoisotopic (exact) mass is 442 g/mol. The molecule has 112 valence electrons. The van der Waals surface area contributed by atoms with Crippen LogP contribution in [0.1, 0.15) is 56.6 Å². The number of likely N-dealkylation sites (N-methyl/N-ethyl adjacent to an activating group) is 1. The Morgan fingerprint density at radius 2 is 1.75 bits per heavy atom. The number of fused-ring (bicyclic) bond motifs is 1. The molecule has 1 aliphatic rings. The van der Waals surface area contributed by atoms with Gasteiger partial charge in [-0.05, 0) is 26.6 Å². The molecule has 0 amide bonds. The van der Waals surface area contributed by atoms with Crippen molar-refractivity contribution in [3.8, 4) is 0 Å². The van der Waals surface area contributed by atoms with Gasteiger partial charge in [-0.2, -0.15) is 23.1 Å². The summed E-state index contributed by atoms with van der Waals surface area (Å²) in [6, 6.07) is 8.83. The van der Waals surface area contributed by atoms with Crippen LogP contribution in [-0.2, 0) is 27.5 Å². The van der Waals surface area contributed by atoms with Gasteiger partial charge in [0.25, 0.3) is 0 Å². The van der Waals surface area contributed by atoms with E-state index in [4.69, 9.17) is 0 Å². The molecule has 0 saturated heterocycles. The van der Waals surface area contributed by atoms with Crippen LogP contribution < -0.4 is 0 Å². The first-order chi connectivity index (χ1) is 9.31. The minimum atomic E-state index is 0. The van der Waals surface area contributed by atoms with Crippen molar-refractivity contribution in [1.82, 2.24) is 4.90 Å². The van der Waals surface area contributed by atoms with Crippen LogP contribution in [-0.4, -0.2) is 25.0 Å². The summed E-state index contributed by atoms with van der Waals surface area (Å²) in [5.41, 5.74) is 3.04. The number of nitrogens with zero attached hydrogens (tertiary/aromatic N) is 1. The van der Waals surface area contributed by atoms with E-state index in [1.165, 1.54) is 62.6 Å². The topological polar surface area (TPSA) is 3.24 Å². The van der Waals surface area contributed by atoms with Crippen LogP contribution in [0.15, 0.2) is 24.3 Å². The maximum Gasteiger partial charge on any atom is 0 e. The number of hydrogen-bond acceptors (Lipinski definition) is 1. The minimum Gasteiger partial charge on any atom is -0.314 e. The van der Waals surface area contributed by atoms with E-state index >= 15 is 0 Å². The first-order valence-corrected chi connectivity index (χ1v) is 7.92. The van der Waals surface area contributed by atoms with Gasteiger partial charge in [0, 0.05) is 21.1 Å². The zero-order chi connectivity index (χ0) is 13.5. The van der Waals surface area contributed by atoms with Crippen molar-refractivity contribution in [3.63, 3.8) is 0 Å². The second-order valence-corrected chi connectivity index (χ2v) is 5.94. The van der Waals surface area contributed by atoms with Gasteiger partial charge >= 0.3 is 0 Å². The third-order valence-electron chi connectivity index (χ3n) is 4.16. The maximum absolute atomic E-state index is 2.49. The molecule has 20 heavy (non-hydrogen) atoms. The fourth-order valence-electron chi connectivity index (χ4n) is 2.95. The summed E-state index contributed by atoms with van der Waals surface area (Å²) in [5, 5.41) is 0. The molecule has 1 nitrogen and oxygen atoms in total. The molecule has 0 radical (unpaired) electrons. The average Bonchev–Trinajstić information content (AvgIpc) is 2.40. The summed E-state index contributed by atoms with van der Waals surface area (Å²) in [4.78, 5) is 2.49. The molecule has 2 heteroatoms. The Balaban J connectivity index is 0.00000200. The van der Waals surface area contributed by atoms with E-state index in [1.807, 2.05) is 0 Å². The molecule has 0 spiro atoms. The van der Waals surface area contributed by atoms with E-state index in [9.17, 15) is 0 Å². The van der Waals surface area contributed by atoms with Gasteiger partial charge in [0.2, 0.25) is 0 Å². The van der Waals surface area contributed by atoms with Crippen molar-refractivity contribution < 1.29 is 21.1 Å². The van der Waals surface area contributed by atoms with Crippen molar-refractivity contribution in [3.05, 3.63) is 41.3 Å². The van der Waals surface area contributed by atoms with E-state index in [2.05, 4.69) is 43.1 Å². The molecule has 0 N–H and O–H groups in total. The summed E-state index contributed by atoms with van der Waals surface area (Å²) in [6.45, 7) is 4.69. The van der Waals surface area contributed by atoms with Crippen LogP contribution in [0, 0.1) is 5.92 Å². The Morgan fingerprint density at radius 1 is 1.05 bits per heavy atom. The third kappa shape index (κ3) is 5.26. The summed E-state index contributed by atoms with van der Waals surface area (Å²) >= 11 is 0. The smallest absolute Gasteiger partial charge is 0 e. The molecule has 1 aliphatic carbocycles. The zero-order valence-electron chi connectivity index (χ0n) is 13.0.